The summed E-state index contributed by atoms with van der Waals surface area (Å²) >= 11 is 0. The van der Waals surface area contributed by atoms with Gasteiger partial charge in [0.1, 0.15) is 6.67 Å². The lowest BCUT2D eigenvalue weighted by molar-refractivity contribution is -0.276. The quantitative estimate of drug-likeness (QED) is 0.616. The maximum Gasteiger partial charge on any atom is 0.574 e. The Balaban J connectivity index is 3.23. The molecule has 0 aromatic carbocycles. The van der Waals surface area contributed by atoms with Crippen LogP contribution in [-0.2, 0) is 22.6 Å². The molecule has 1 aromatic rings. The van der Waals surface area contributed by atoms with E-state index >= 15 is 0 Å². The summed E-state index contributed by atoms with van der Waals surface area (Å²) in [6.07, 6.45) is -5.39. The maximum absolute atomic E-state index is 12.9. The van der Waals surface area contributed by atoms with Crippen molar-refractivity contribution in [3.8, 4) is 11.8 Å². The first kappa shape index (κ1) is 16.0. The van der Waals surface area contributed by atoms with Gasteiger partial charge in [-0.1, -0.05) is 0 Å². The van der Waals surface area contributed by atoms with Crippen LogP contribution < -0.4 is 9.47 Å². The Morgan fingerprint density at radius 1 is 1.35 bits per heavy atom. The SMILES string of the molecule is COC(=O)Cc1cc(OC(F)(F)F)nc(OC)c1CF. The van der Waals surface area contributed by atoms with E-state index in [1.54, 1.807) is 0 Å². The Morgan fingerprint density at radius 2 is 2.00 bits per heavy atom. The van der Waals surface area contributed by atoms with Gasteiger partial charge in [0.05, 0.1) is 20.6 Å². The van der Waals surface area contributed by atoms with E-state index in [0.717, 1.165) is 20.3 Å². The van der Waals surface area contributed by atoms with Crippen molar-refractivity contribution >= 4 is 5.97 Å². The Bertz CT molecular complexity index is 490. The zero-order chi connectivity index (χ0) is 15.3. The average molecular weight is 297 g/mol. The summed E-state index contributed by atoms with van der Waals surface area (Å²) in [4.78, 5) is 14.6. The van der Waals surface area contributed by atoms with Crippen LogP contribution in [0.25, 0.3) is 0 Å². The number of nitrogens with zero attached hydrogens (tertiary/aromatic N) is 1. The molecule has 0 fully saturated rings. The van der Waals surface area contributed by atoms with Crippen LogP contribution in [0.1, 0.15) is 11.1 Å². The Morgan fingerprint density at radius 3 is 2.45 bits per heavy atom. The number of aromatic nitrogens is 1. The lowest BCUT2D eigenvalue weighted by atomic mass is 10.1. The molecule has 0 aliphatic carbocycles. The second-order valence-electron chi connectivity index (χ2n) is 3.54. The molecule has 0 atom stereocenters. The number of carbonyl (C=O) groups is 1. The van der Waals surface area contributed by atoms with Crippen LogP contribution >= 0.6 is 0 Å². The molecule has 9 heteroatoms. The third kappa shape index (κ3) is 4.25. The van der Waals surface area contributed by atoms with Crippen molar-refractivity contribution in [2.24, 2.45) is 0 Å². The van der Waals surface area contributed by atoms with Crippen LogP contribution in [0.4, 0.5) is 17.6 Å². The summed E-state index contributed by atoms with van der Waals surface area (Å²) < 4.78 is 62.1. The summed E-state index contributed by atoms with van der Waals surface area (Å²) in [5.41, 5.74) is -0.183. The van der Waals surface area contributed by atoms with Gasteiger partial charge in [-0.3, -0.25) is 4.79 Å². The van der Waals surface area contributed by atoms with Gasteiger partial charge in [0.2, 0.25) is 11.8 Å². The van der Waals surface area contributed by atoms with Gasteiger partial charge in [0.15, 0.2) is 0 Å². The van der Waals surface area contributed by atoms with Crippen molar-refractivity contribution in [3.05, 3.63) is 17.2 Å². The fraction of sp³-hybridized carbons (Fsp3) is 0.455. The Hall–Kier alpha value is -2.06. The smallest absolute Gasteiger partial charge is 0.481 e. The molecule has 0 unspecified atom stereocenters. The van der Waals surface area contributed by atoms with E-state index in [1.807, 2.05) is 0 Å². The van der Waals surface area contributed by atoms with Gasteiger partial charge < -0.3 is 14.2 Å². The van der Waals surface area contributed by atoms with Gasteiger partial charge in [-0.05, 0) is 5.56 Å². The van der Waals surface area contributed by atoms with Gasteiger partial charge in [-0.2, -0.15) is 4.98 Å². The molecule has 0 saturated carbocycles. The number of halogens is 4. The summed E-state index contributed by atoms with van der Waals surface area (Å²) in [5.74, 6) is -1.97. The molecule has 0 N–H and O–H groups in total. The van der Waals surface area contributed by atoms with E-state index < -0.39 is 31.3 Å². The minimum atomic E-state index is -4.96. The van der Waals surface area contributed by atoms with Crippen LogP contribution in [-0.4, -0.2) is 31.5 Å². The molecule has 0 bridgehead atoms. The zero-order valence-electron chi connectivity index (χ0n) is 10.6. The third-order valence-corrected chi connectivity index (χ3v) is 2.26. The van der Waals surface area contributed by atoms with Crippen molar-refractivity contribution in [1.29, 1.82) is 0 Å². The van der Waals surface area contributed by atoms with Gasteiger partial charge in [0, 0.05) is 11.6 Å². The number of rotatable bonds is 5. The molecule has 0 amide bonds. The van der Waals surface area contributed by atoms with Crippen molar-refractivity contribution in [2.75, 3.05) is 14.2 Å². The van der Waals surface area contributed by atoms with E-state index in [4.69, 9.17) is 4.74 Å². The van der Waals surface area contributed by atoms with Gasteiger partial charge in [-0.25, -0.2) is 4.39 Å². The summed E-state index contributed by atoms with van der Waals surface area (Å²) in [7, 11) is 2.21. The fourth-order valence-corrected chi connectivity index (χ4v) is 1.44. The largest absolute Gasteiger partial charge is 0.574 e. The molecule has 0 radical (unpaired) electrons. The van der Waals surface area contributed by atoms with E-state index in [2.05, 4.69) is 14.5 Å². The summed E-state index contributed by atoms with van der Waals surface area (Å²) in [5, 5.41) is 0. The first-order valence-corrected chi connectivity index (χ1v) is 5.26. The number of ether oxygens (including phenoxy) is 3. The van der Waals surface area contributed by atoms with Crippen LogP contribution in [0.2, 0.25) is 0 Å². The summed E-state index contributed by atoms with van der Waals surface area (Å²) in [6.45, 7) is -1.06. The molecule has 0 aliphatic heterocycles. The van der Waals surface area contributed by atoms with Crippen LogP contribution in [0.15, 0.2) is 6.07 Å². The number of pyridine rings is 1. The fourth-order valence-electron chi connectivity index (χ4n) is 1.44. The predicted molar refractivity (Wildman–Crippen MR) is 58.0 cm³/mol. The highest BCUT2D eigenvalue weighted by atomic mass is 19.4. The Kier molecular flexibility index (Phi) is 5.12. The highest BCUT2D eigenvalue weighted by molar-refractivity contribution is 5.73. The molecule has 0 spiro atoms. The topological polar surface area (TPSA) is 57.7 Å². The molecule has 5 nitrogen and oxygen atoms in total. The van der Waals surface area contributed by atoms with Crippen LogP contribution in [0, 0.1) is 0 Å². The minimum absolute atomic E-state index is 0.0505. The summed E-state index contributed by atoms with van der Waals surface area (Å²) in [6, 6.07) is 0.821. The first-order chi connectivity index (χ1) is 9.30. The minimum Gasteiger partial charge on any atom is -0.481 e. The lowest BCUT2D eigenvalue weighted by Crippen LogP contribution is -2.19. The van der Waals surface area contributed by atoms with Crippen molar-refractivity contribution < 1.29 is 36.6 Å². The van der Waals surface area contributed by atoms with Crippen molar-refractivity contribution in [2.45, 2.75) is 19.5 Å². The molecule has 1 rings (SSSR count). The van der Waals surface area contributed by atoms with Gasteiger partial charge in [-0.15, -0.1) is 13.2 Å². The number of hydrogen-bond donors (Lipinski definition) is 0. The van der Waals surface area contributed by atoms with Crippen molar-refractivity contribution in [1.82, 2.24) is 4.98 Å². The number of alkyl halides is 4. The van der Waals surface area contributed by atoms with Crippen LogP contribution in [0.3, 0.4) is 0 Å². The molecule has 0 aliphatic rings. The highest BCUT2D eigenvalue weighted by Crippen LogP contribution is 2.29. The van der Waals surface area contributed by atoms with Gasteiger partial charge >= 0.3 is 12.3 Å². The van der Waals surface area contributed by atoms with Crippen molar-refractivity contribution in [3.63, 3.8) is 0 Å². The molecular formula is C11H11F4NO4. The number of carbonyl (C=O) groups excluding carboxylic acids is 1. The monoisotopic (exact) mass is 297 g/mol. The van der Waals surface area contributed by atoms with Crippen LogP contribution in [0.5, 0.6) is 11.8 Å². The molecule has 1 aromatic heterocycles. The van der Waals surface area contributed by atoms with E-state index in [1.165, 1.54) is 0 Å². The van der Waals surface area contributed by atoms with E-state index in [0.29, 0.717) is 0 Å². The number of methoxy groups -OCH3 is 2. The average Bonchev–Trinajstić information content (AvgIpc) is 2.35. The predicted octanol–water partition coefficient (Wildman–Crippen LogP) is 2.17. The van der Waals surface area contributed by atoms with E-state index in [9.17, 15) is 22.4 Å². The Labute approximate surface area is 111 Å². The molecule has 112 valence electrons. The second kappa shape index (κ2) is 6.40. The third-order valence-electron chi connectivity index (χ3n) is 2.26. The molecule has 20 heavy (non-hydrogen) atoms. The number of hydrogen-bond acceptors (Lipinski definition) is 5. The normalized spacial score (nSPS) is 11.1. The molecular weight excluding hydrogens is 286 g/mol. The second-order valence-corrected chi connectivity index (χ2v) is 3.54. The maximum atomic E-state index is 12.9. The first-order valence-electron chi connectivity index (χ1n) is 5.26. The van der Waals surface area contributed by atoms with E-state index in [-0.39, 0.29) is 17.0 Å². The standard InChI is InChI=1S/C11H11F4NO4/c1-18-9(17)4-6-3-8(20-11(13,14)15)16-10(19-2)7(6)5-12/h3H,4-5H2,1-2H3. The lowest BCUT2D eigenvalue weighted by Gasteiger charge is -2.14. The highest BCUT2D eigenvalue weighted by Gasteiger charge is 2.32. The zero-order valence-corrected chi connectivity index (χ0v) is 10.6. The molecule has 0 saturated heterocycles. The van der Waals surface area contributed by atoms with Gasteiger partial charge in [0.25, 0.3) is 0 Å². The number of esters is 1. The molecule has 1 heterocycles.